The second-order valence-electron chi connectivity index (χ2n) is 6.87. The van der Waals surface area contributed by atoms with Crippen molar-refractivity contribution in [1.29, 1.82) is 0 Å². The first-order valence-electron chi connectivity index (χ1n) is 7.54. The molecule has 2 aliphatic heterocycles. The maximum atomic E-state index is 9.50. The van der Waals surface area contributed by atoms with Crippen molar-refractivity contribution in [2.24, 2.45) is 17.3 Å². The first-order chi connectivity index (χ1) is 8.63. The number of hydrogen-bond donors (Lipinski definition) is 1. The normalized spacial score (nSPS) is 28.3. The highest BCUT2D eigenvalue weighted by atomic mass is 16.5. The van der Waals surface area contributed by atoms with Gasteiger partial charge in [-0.3, -0.25) is 0 Å². The molecule has 2 rings (SSSR count). The lowest BCUT2D eigenvalue weighted by atomic mass is 9.84. The van der Waals surface area contributed by atoms with Crippen LogP contribution in [0.25, 0.3) is 0 Å². The monoisotopic (exact) mass is 255 g/mol. The van der Waals surface area contributed by atoms with E-state index in [9.17, 15) is 5.11 Å². The third-order valence-electron chi connectivity index (χ3n) is 4.47. The quantitative estimate of drug-likeness (QED) is 0.789. The summed E-state index contributed by atoms with van der Waals surface area (Å²) < 4.78 is 5.29. The number of hydrogen-bond acceptors (Lipinski definition) is 3. The molecule has 0 spiro atoms. The van der Waals surface area contributed by atoms with E-state index in [1.165, 1.54) is 38.8 Å². The van der Waals surface area contributed by atoms with Gasteiger partial charge < -0.3 is 14.7 Å². The van der Waals surface area contributed by atoms with Crippen LogP contribution < -0.4 is 0 Å². The van der Waals surface area contributed by atoms with E-state index in [4.69, 9.17) is 4.74 Å². The van der Waals surface area contributed by atoms with Crippen LogP contribution in [0.3, 0.4) is 0 Å². The standard InChI is InChI=1S/C15H29NO2/c1-13(2)5-6-14-4-3-7-16(8-14)9-15(10-17)11-18-12-15/h13-14,17H,3-12H2,1-2H3. The molecule has 2 fully saturated rings. The zero-order chi connectivity index (χ0) is 13.0. The molecule has 0 amide bonds. The molecule has 18 heavy (non-hydrogen) atoms. The fourth-order valence-corrected chi connectivity index (χ4v) is 3.20. The fraction of sp³-hybridized carbons (Fsp3) is 1.00. The van der Waals surface area contributed by atoms with Gasteiger partial charge in [0.1, 0.15) is 0 Å². The molecule has 0 bridgehead atoms. The summed E-state index contributed by atoms with van der Waals surface area (Å²) in [5.41, 5.74) is 0.0555. The second-order valence-corrected chi connectivity index (χ2v) is 6.87. The zero-order valence-electron chi connectivity index (χ0n) is 12.0. The fourth-order valence-electron chi connectivity index (χ4n) is 3.20. The predicted octanol–water partition coefficient (Wildman–Crippen LogP) is 2.14. The van der Waals surface area contributed by atoms with Gasteiger partial charge in [0.15, 0.2) is 0 Å². The van der Waals surface area contributed by atoms with E-state index >= 15 is 0 Å². The zero-order valence-corrected chi connectivity index (χ0v) is 12.0. The number of ether oxygens (including phenoxy) is 1. The van der Waals surface area contributed by atoms with Gasteiger partial charge in [0.05, 0.1) is 25.2 Å². The molecular weight excluding hydrogens is 226 g/mol. The molecular formula is C15H29NO2. The molecule has 1 unspecified atom stereocenters. The van der Waals surface area contributed by atoms with Crippen LogP contribution in [0.2, 0.25) is 0 Å². The number of likely N-dealkylation sites (tertiary alicyclic amines) is 1. The van der Waals surface area contributed by atoms with Crippen LogP contribution in [0, 0.1) is 17.3 Å². The largest absolute Gasteiger partial charge is 0.396 e. The first-order valence-corrected chi connectivity index (χ1v) is 7.54. The van der Waals surface area contributed by atoms with E-state index in [0.717, 1.165) is 31.6 Å². The maximum absolute atomic E-state index is 9.50. The summed E-state index contributed by atoms with van der Waals surface area (Å²) in [6.45, 7) is 9.86. The Kier molecular flexibility index (Phi) is 5.05. The number of nitrogens with zero attached hydrogens (tertiary/aromatic N) is 1. The molecule has 0 aliphatic carbocycles. The van der Waals surface area contributed by atoms with Crippen molar-refractivity contribution in [3.05, 3.63) is 0 Å². The number of rotatable bonds is 6. The molecule has 0 radical (unpaired) electrons. The van der Waals surface area contributed by atoms with Gasteiger partial charge in [0, 0.05) is 13.1 Å². The Bertz CT molecular complexity index is 245. The van der Waals surface area contributed by atoms with E-state index < -0.39 is 0 Å². The molecule has 2 aliphatic rings. The van der Waals surface area contributed by atoms with Crippen LogP contribution in [0.4, 0.5) is 0 Å². The van der Waals surface area contributed by atoms with E-state index in [-0.39, 0.29) is 12.0 Å². The summed E-state index contributed by atoms with van der Waals surface area (Å²) in [5, 5.41) is 9.50. The summed E-state index contributed by atoms with van der Waals surface area (Å²) in [7, 11) is 0. The minimum absolute atomic E-state index is 0.0555. The van der Waals surface area contributed by atoms with Gasteiger partial charge in [0.2, 0.25) is 0 Å². The first kappa shape index (κ1) is 14.3. The Balaban J connectivity index is 1.76. The number of aliphatic hydroxyl groups excluding tert-OH is 1. The van der Waals surface area contributed by atoms with Gasteiger partial charge in [0.25, 0.3) is 0 Å². The topological polar surface area (TPSA) is 32.7 Å². The molecule has 2 saturated heterocycles. The van der Waals surface area contributed by atoms with Crippen molar-refractivity contribution >= 4 is 0 Å². The molecule has 0 aromatic heterocycles. The Morgan fingerprint density at radius 1 is 1.39 bits per heavy atom. The average molecular weight is 255 g/mol. The predicted molar refractivity (Wildman–Crippen MR) is 73.6 cm³/mol. The number of aliphatic hydroxyl groups is 1. The van der Waals surface area contributed by atoms with Crippen molar-refractivity contribution in [2.75, 3.05) is 39.5 Å². The summed E-state index contributed by atoms with van der Waals surface area (Å²) in [5.74, 6) is 1.70. The van der Waals surface area contributed by atoms with Crippen LogP contribution in [0.5, 0.6) is 0 Å². The third kappa shape index (κ3) is 3.69. The van der Waals surface area contributed by atoms with Gasteiger partial charge in [-0.15, -0.1) is 0 Å². The van der Waals surface area contributed by atoms with Gasteiger partial charge in [-0.05, 0) is 37.6 Å². The smallest absolute Gasteiger partial charge is 0.0579 e. The van der Waals surface area contributed by atoms with Gasteiger partial charge >= 0.3 is 0 Å². The van der Waals surface area contributed by atoms with E-state index in [1.807, 2.05) is 0 Å². The van der Waals surface area contributed by atoms with Crippen molar-refractivity contribution in [1.82, 2.24) is 4.90 Å². The molecule has 1 atom stereocenters. The van der Waals surface area contributed by atoms with Crippen molar-refractivity contribution in [3.63, 3.8) is 0 Å². The molecule has 2 heterocycles. The summed E-state index contributed by atoms with van der Waals surface area (Å²) in [6.07, 6.45) is 5.44. The Morgan fingerprint density at radius 3 is 2.72 bits per heavy atom. The minimum Gasteiger partial charge on any atom is -0.396 e. The minimum atomic E-state index is 0.0555. The van der Waals surface area contributed by atoms with Crippen LogP contribution in [-0.2, 0) is 4.74 Å². The van der Waals surface area contributed by atoms with Crippen LogP contribution in [-0.4, -0.2) is 49.5 Å². The molecule has 0 saturated carbocycles. The molecule has 3 nitrogen and oxygen atoms in total. The van der Waals surface area contributed by atoms with Crippen LogP contribution in [0.15, 0.2) is 0 Å². The van der Waals surface area contributed by atoms with Crippen molar-refractivity contribution < 1.29 is 9.84 Å². The Hall–Kier alpha value is -0.120. The SMILES string of the molecule is CC(C)CCC1CCCN(CC2(CO)COC2)C1. The Labute approximate surface area is 112 Å². The molecule has 0 aromatic rings. The highest BCUT2D eigenvalue weighted by molar-refractivity contribution is 4.89. The van der Waals surface area contributed by atoms with Gasteiger partial charge in [-0.1, -0.05) is 20.3 Å². The van der Waals surface area contributed by atoms with Gasteiger partial charge in [-0.25, -0.2) is 0 Å². The second kappa shape index (κ2) is 6.36. The molecule has 106 valence electrons. The number of piperidine rings is 1. The summed E-state index contributed by atoms with van der Waals surface area (Å²) in [6, 6.07) is 0. The summed E-state index contributed by atoms with van der Waals surface area (Å²) >= 11 is 0. The van der Waals surface area contributed by atoms with E-state index in [1.54, 1.807) is 0 Å². The highest BCUT2D eigenvalue weighted by Gasteiger charge is 2.40. The molecule has 3 heteroatoms. The van der Waals surface area contributed by atoms with Crippen LogP contribution in [0.1, 0.15) is 39.5 Å². The lowest BCUT2D eigenvalue weighted by molar-refractivity contribution is -0.150. The van der Waals surface area contributed by atoms with Crippen molar-refractivity contribution in [3.8, 4) is 0 Å². The van der Waals surface area contributed by atoms with Gasteiger partial charge in [-0.2, -0.15) is 0 Å². The van der Waals surface area contributed by atoms with Crippen molar-refractivity contribution in [2.45, 2.75) is 39.5 Å². The highest BCUT2D eigenvalue weighted by Crippen LogP contribution is 2.31. The average Bonchev–Trinajstić information content (AvgIpc) is 2.32. The molecule has 0 aromatic carbocycles. The lowest BCUT2D eigenvalue weighted by Gasteiger charge is -2.45. The van der Waals surface area contributed by atoms with E-state index in [2.05, 4.69) is 18.7 Å². The summed E-state index contributed by atoms with van der Waals surface area (Å²) in [4.78, 5) is 2.56. The third-order valence-corrected chi connectivity index (χ3v) is 4.47. The lowest BCUT2D eigenvalue weighted by Crippen LogP contribution is -2.54. The van der Waals surface area contributed by atoms with E-state index in [0.29, 0.717) is 0 Å². The molecule has 1 N–H and O–H groups in total. The maximum Gasteiger partial charge on any atom is 0.0579 e. The van der Waals surface area contributed by atoms with Crippen LogP contribution >= 0.6 is 0 Å². The Morgan fingerprint density at radius 2 is 2.17 bits per heavy atom.